The van der Waals surface area contributed by atoms with Crippen LogP contribution in [0.1, 0.15) is 12.5 Å². The summed E-state index contributed by atoms with van der Waals surface area (Å²) in [6.07, 6.45) is 4.26. The highest BCUT2D eigenvalue weighted by atomic mass is 80.0. The van der Waals surface area contributed by atoms with E-state index in [4.69, 9.17) is 0 Å². The van der Waals surface area contributed by atoms with E-state index >= 15 is 0 Å². The van der Waals surface area contributed by atoms with Crippen molar-refractivity contribution in [3.8, 4) is 0 Å². The standard InChI is InChI=1S/C11H10Br3N/c1-10(11(12,13)14)7-6-8-4-2-3-5-9(8)15-10/h2-7,15H,1H3. The van der Waals surface area contributed by atoms with Crippen molar-refractivity contribution in [3.05, 3.63) is 35.9 Å². The van der Waals surface area contributed by atoms with Crippen LogP contribution in [-0.2, 0) is 0 Å². The number of hydrogen-bond donors (Lipinski definition) is 1. The van der Waals surface area contributed by atoms with Gasteiger partial charge in [0, 0.05) is 5.69 Å². The smallest absolute Gasteiger partial charge is 0.160 e. The molecular formula is C11H10Br3N. The zero-order valence-corrected chi connectivity index (χ0v) is 12.9. The Morgan fingerprint density at radius 1 is 1.20 bits per heavy atom. The van der Waals surface area contributed by atoms with Crippen molar-refractivity contribution < 1.29 is 0 Å². The molecular weight excluding hydrogens is 386 g/mol. The average molecular weight is 396 g/mol. The van der Waals surface area contributed by atoms with Crippen LogP contribution in [0.4, 0.5) is 5.69 Å². The van der Waals surface area contributed by atoms with Crippen LogP contribution in [0.5, 0.6) is 0 Å². The van der Waals surface area contributed by atoms with Crippen molar-refractivity contribution in [2.24, 2.45) is 0 Å². The number of rotatable bonds is 0. The summed E-state index contributed by atoms with van der Waals surface area (Å²) in [5.41, 5.74) is 2.14. The molecule has 1 N–H and O–H groups in total. The Morgan fingerprint density at radius 3 is 2.53 bits per heavy atom. The van der Waals surface area contributed by atoms with E-state index in [2.05, 4.69) is 84.3 Å². The molecule has 1 heterocycles. The molecule has 0 saturated carbocycles. The summed E-state index contributed by atoms with van der Waals surface area (Å²) < 4.78 is -0.357. The molecule has 2 rings (SSSR count). The summed E-state index contributed by atoms with van der Waals surface area (Å²) in [6.45, 7) is 2.11. The minimum atomic E-state index is -0.357. The van der Waals surface area contributed by atoms with E-state index < -0.39 is 0 Å². The number of alkyl halides is 3. The van der Waals surface area contributed by atoms with Crippen molar-refractivity contribution in [3.63, 3.8) is 0 Å². The Hall–Kier alpha value is 0.200. The molecule has 0 bridgehead atoms. The van der Waals surface area contributed by atoms with Gasteiger partial charge in [-0.25, -0.2) is 0 Å². The second-order valence-corrected chi connectivity index (χ2v) is 10.5. The summed E-state index contributed by atoms with van der Waals surface area (Å²) in [5, 5.41) is 3.49. The lowest BCUT2D eigenvalue weighted by atomic mass is 9.97. The monoisotopic (exact) mass is 393 g/mol. The SMILES string of the molecule is CC1(C(Br)(Br)Br)C=Cc2ccccc2N1. The molecule has 1 nitrogen and oxygen atoms in total. The molecule has 80 valence electrons. The van der Waals surface area contributed by atoms with E-state index in [1.807, 2.05) is 12.1 Å². The van der Waals surface area contributed by atoms with Crippen LogP contribution in [0.2, 0.25) is 0 Å². The van der Waals surface area contributed by atoms with Gasteiger partial charge < -0.3 is 5.32 Å². The van der Waals surface area contributed by atoms with Gasteiger partial charge >= 0.3 is 0 Å². The molecule has 4 heteroatoms. The van der Waals surface area contributed by atoms with Gasteiger partial charge in [-0.15, -0.1) is 0 Å². The lowest BCUT2D eigenvalue weighted by Gasteiger charge is -2.39. The maximum absolute atomic E-state index is 3.57. The number of halogens is 3. The molecule has 0 fully saturated rings. The van der Waals surface area contributed by atoms with E-state index in [0.717, 1.165) is 5.69 Å². The predicted octanol–water partition coefficient (Wildman–Crippen LogP) is 4.72. The Kier molecular flexibility index (Phi) is 3.03. The van der Waals surface area contributed by atoms with E-state index in [1.165, 1.54) is 5.56 Å². The first-order chi connectivity index (χ1) is 6.92. The lowest BCUT2D eigenvalue weighted by molar-refractivity contribution is 0.689. The fourth-order valence-electron chi connectivity index (χ4n) is 1.50. The maximum atomic E-state index is 3.57. The molecule has 1 aromatic rings. The molecule has 15 heavy (non-hydrogen) atoms. The Balaban J connectivity index is 2.42. The molecule has 0 spiro atoms. The minimum Gasteiger partial charge on any atom is -0.373 e. The number of hydrogen-bond acceptors (Lipinski definition) is 1. The van der Waals surface area contributed by atoms with Crippen molar-refractivity contribution in [1.82, 2.24) is 0 Å². The van der Waals surface area contributed by atoms with E-state index in [-0.39, 0.29) is 7.68 Å². The molecule has 0 aromatic heterocycles. The fraction of sp³-hybridized carbons (Fsp3) is 0.273. The van der Waals surface area contributed by atoms with Gasteiger partial charge in [-0.1, -0.05) is 78.1 Å². The quantitative estimate of drug-likeness (QED) is 0.626. The molecule has 1 aromatic carbocycles. The molecule has 1 atom stereocenters. The number of nitrogens with one attached hydrogen (secondary N) is 1. The summed E-state index contributed by atoms with van der Waals surface area (Å²) in [7, 11) is 0. The number of para-hydroxylation sites is 1. The van der Waals surface area contributed by atoms with Gasteiger partial charge in [-0.3, -0.25) is 0 Å². The summed E-state index contributed by atoms with van der Waals surface area (Å²) >= 11 is 10.7. The van der Waals surface area contributed by atoms with Gasteiger partial charge in [0.15, 0.2) is 2.14 Å². The largest absolute Gasteiger partial charge is 0.373 e. The predicted molar refractivity (Wildman–Crippen MR) is 77.0 cm³/mol. The topological polar surface area (TPSA) is 12.0 Å². The van der Waals surface area contributed by atoms with Crippen LogP contribution < -0.4 is 5.32 Å². The minimum absolute atomic E-state index is 0.221. The zero-order chi connectivity index (χ0) is 11.1. The molecule has 0 amide bonds. The normalized spacial score (nSPS) is 24.5. The summed E-state index contributed by atoms with van der Waals surface area (Å²) in [5.74, 6) is 0. The second-order valence-electron chi connectivity index (χ2n) is 3.75. The summed E-state index contributed by atoms with van der Waals surface area (Å²) in [6, 6.07) is 8.24. The Labute approximate surface area is 115 Å². The first kappa shape index (κ1) is 11.7. The number of anilines is 1. The molecule has 0 saturated heterocycles. The summed E-state index contributed by atoms with van der Waals surface area (Å²) in [4.78, 5) is 0. The lowest BCUT2D eigenvalue weighted by Crippen LogP contribution is -2.45. The van der Waals surface area contributed by atoms with Gasteiger partial charge in [-0.05, 0) is 18.6 Å². The van der Waals surface area contributed by atoms with Crippen LogP contribution in [0.25, 0.3) is 6.08 Å². The Bertz CT molecular complexity index is 409. The van der Waals surface area contributed by atoms with Crippen LogP contribution in [0.3, 0.4) is 0 Å². The molecule has 0 aliphatic carbocycles. The third-order valence-electron chi connectivity index (χ3n) is 2.54. The zero-order valence-electron chi connectivity index (χ0n) is 8.10. The first-order valence-corrected chi connectivity index (χ1v) is 6.93. The van der Waals surface area contributed by atoms with Crippen LogP contribution in [-0.4, -0.2) is 7.68 Å². The second kappa shape index (κ2) is 3.90. The van der Waals surface area contributed by atoms with Crippen molar-refractivity contribution in [1.29, 1.82) is 0 Å². The van der Waals surface area contributed by atoms with Crippen molar-refractivity contribution in [2.45, 2.75) is 14.6 Å². The average Bonchev–Trinajstić information content (AvgIpc) is 2.16. The van der Waals surface area contributed by atoms with Crippen LogP contribution >= 0.6 is 47.8 Å². The number of benzene rings is 1. The highest BCUT2D eigenvalue weighted by Gasteiger charge is 2.42. The third-order valence-corrected chi connectivity index (χ3v) is 5.01. The first-order valence-electron chi connectivity index (χ1n) is 4.55. The van der Waals surface area contributed by atoms with Crippen LogP contribution in [0.15, 0.2) is 30.3 Å². The maximum Gasteiger partial charge on any atom is 0.160 e. The van der Waals surface area contributed by atoms with Gasteiger partial charge in [0.25, 0.3) is 0 Å². The number of fused-ring (bicyclic) bond motifs is 1. The highest BCUT2D eigenvalue weighted by molar-refractivity contribution is 9.39. The molecule has 1 unspecified atom stereocenters. The highest BCUT2D eigenvalue weighted by Crippen LogP contribution is 2.48. The molecule has 1 aliphatic rings. The van der Waals surface area contributed by atoms with E-state index in [0.29, 0.717) is 0 Å². The van der Waals surface area contributed by atoms with Gasteiger partial charge in [-0.2, -0.15) is 0 Å². The van der Waals surface area contributed by atoms with E-state index in [1.54, 1.807) is 0 Å². The Morgan fingerprint density at radius 2 is 1.87 bits per heavy atom. The van der Waals surface area contributed by atoms with Gasteiger partial charge in [0.2, 0.25) is 0 Å². The van der Waals surface area contributed by atoms with Gasteiger partial charge in [0.1, 0.15) is 0 Å². The fourth-order valence-corrected chi connectivity index (χ4v) is 2.19. The van der Waals surface area contributed by atoms with Crippen molar-refractivity contribution >= 4 is 59.6 Å². The third kappa shape index (κ3) is 2.17. The van der Waals surface area contributed by atoms with Crippen molar-refractivity contribution in [2.75, 3.05) is 5.32 Å². The molecule has 0 radical (unpaired) electrons. The van der Waals surface area contributed by atoms with Gasteiger partial charge in [0.05, 0.1) is 5.54 Å². The molecule has 1 aliphatic heterocycles. The van der Waals surface area contributed by atoms with Crippen LogP contribution in [0, 0.1) is 0 Å². The van der Waals surface area contributed by atoms with E-state index in [9.17, 15) is 0 Å².